The first-order valence-electron chi connectivity index (χ1n) is 10.2. The predicted octanol–water partition coefficient (Wildman–Crippen LogP) is 6.19. The average molecular weight is 457 g/mol. The Bertz CT molecular complexity index is 1370. The summed E-state index contributed by atoms with van der Waals surface area (Å²) in [4.78, 5) is 13.8. The van der Waals surface area contributed by atoms with Crippen LogP contribution in [0.3, 0.4) is 0 Å². The van der Waals surface area contributed by atoms with Gasteiger partial charge in [-0.3, -0.25) is 9.36 Å². The van der Waals surface area contributed by atoms with E-state index < -0.39 is 0 Å². The van der Waals surface area contributed by atoms with E-state index in [1.807, 2.05) is 64.5 Å². The van der Waals surface area contributed by atoms with Crippen molar-refractivity contribution in [3.63, 3.8) is 0 Å². The number of benzene rings is 3. The van der Waals surface area contributed by atoms with Gasteiger partial charge in [0.05, 0.1) is 10.6 Å². The van der Waals surface area contributed by atoms with Crippen LogP contribution >= 0.6 is 23.1 Å². The van der Waals surface area contributed by atoms with Crippen LogP contribution in [0.4, 0.5) is 5.69 Å². The highest BCUT2D eigenvalue weighted by atomic mass is 32.2. The van der Waals surface area contributed by atoms with Crippen molar-refractivity contribution in [1.29, 1.82) is 0 Å². The first-order chi connectivity index (χ1) is 15.7. The SMILES string of the molecule is Cc1ccc(-n2c(SCC(=O)Nc3cccc4ccccc34)nnc2-c2cccs2)cc1. The maximum absolute atomic E-state index is 12.8. The van der Waals surface area contributed by atoms with Crippen molar-refractivity contribution in [2.24, 2.45) is 0 Å². The van der Waals surface area contributed by atoms with Gasteiger partial charge >= 0.3 is 0 Å². The van der Waals surface area contributed by atoms with E-state index in [-0.39, 0.29) is 11.7 Å². The molecule has 1 N–H and O–H groups in total. The largest absolute Gasteiger partial charge is 0.325 e. The first-order valence-corrected chi connectivity index (χ1v) is 12.0. The molecule has 1 amide bonds. The number of hydrogen-bond acceptors (Lipinski definition) is 5. The maximum atomic E-state index is 12.8. The van der Waals surface area contributed by atoms with Crippen LogP contribution in [-0.4, -0.2) is 26.4 Å². The fourth-order valence-electron chi connectivity index (χ4n) is 3.51. The Hall–Kier alpha value is -3.42. The van der Waals surface area contributed by atoms with E-state index >= 15 is 0 Å². The molecule has 0 saturated carbocycles. The van der Waals surface area contributed by atoms with Crippen LogP contribution in [0.25, 0.3) is 27.2 Å². The zero-order valence-electron chi connectivity index (χ0n) is 17.4. The molecule has 0 saturated heterocycles. The summed E-state index contributed by atoms with van der Waals surface area (Å²) in [5.41, 5.74) is 2.97. The lowest BCUT2D eigenvalue weighted by atomic mass is 10.1. The van der Waals surface area contributed by atoms with Crippen LogP contribution in [0, 0.1) is 6.92 Å². The van der Waals surface area contributed by atoms with Crippen molar-refractivity contribution >= 4 is 45.5 Å². The van der Waals surface area contributed by atoms with Crippen LogP contribution in [0.1, 0.15) is 5.56 Å². The molecule has 158 valence electrons. The molecule has 0 unspecified atom stereocenters. The average Bonchev–Trinajstić information content (AvgIpc) is 3.48. The maximum Gasteiger partial charge on any atom is 0.234 e. The van der Waals surface area contributed by atoms with Crippen molar-refractivity contribution in [2.75, 3.05) is 11.1 Å². The zero-order chi connectivity index (χ0) is 21.9. The Balaban J connectivity index is 1.39. The van der Waals surface area contributed by atoms with Gasteiger partial charge in [-0.05, 0) is 42.0 Å². The number of carbonyl (C=O) groups is 1. The number of hydrogen-bond donors (Lipinski definition) is 1. The molecule has 0 bridgehead atoms. The summed E-state index contributed by atoms with van der Waals surface area (Å²) in [6.07, 6.45) is 0. The number of carbonyl (C=O) groups excluding carboxylic acids is 1. The van der Waals surface area contributed by atoms with Crippen LogP contribution < -0.4 is 5.32 Å². The molecular weight excluding hydrogens is 436 g/mol. The van der Waals surface area contributed by atoms with Crippen molar-refractivity contribution < 1.29 is 4.79 Å². The van der Waals surface area contributed by atoms with E-state index in [1.165, 1.54) is 17.3 Å². The number of thiophene rings is 1. The molecular formula is C25H20N4OS2. The number of nitrogens with zero attached hydrogens (tertiary/aromatic N) is 3. The molecule has 0 spiro atoms. The van der Waals surface area contributed by atoms with Crippen molar-refractivity contribution in [3.8, 4) is 16.4 Å². The summed E-state index contributed by atoms with van der Waals surface area (Å²) in [6.45, 7) is 2.06. The van der Waals surface area contributed by atoms with E-state index in [9.17, 15) is 4.79 Å². The van der Waals surface area contributed by atoms with Gasteiger partial charge in [0, 0.05) is 16.8 Å². The monoisotopic (exact) mass is 456 g/mol. The highest BCUT2D eigenvalue weighted by Crippen LogP contribution is 2.31. The zero-order valence-corrected chi connectivity index (χ0v) is 19.0. The van der Waals surface area contributed by atoms with E-state index in [0.717, 1.165) is 32.8 Å². The number of aryl methyl sites for hydroxylation is 1. The Kier molecular flexibility index (Phi) is 5.75. The molecule has 2 aromatic heterocycles. The Morgan fingerprint density at radius 2 is 1.78 bits per heavy atom. The molecule has 0 aliphatic rings. The highest BCUT2D eigenvalue weighted by Gasteiger charge is 2.18. The Labute approximate surface area is 194 Å². The summed E-state index contributed by atoms with van der Waals surface area (Å²) < 4.78 is 2.02. The number of fused-ring (bicyclic) bond motifs is 1. The molecule has 0 aliphatic heterocycles. The lowest BCUT2D eigenvalue weighted by molar-refractivity contribution is -0.113. The minimum absolute atomic E-state index is 0.0810. The minimum atomic E-state index is -0.0810. The van der Waals surface area contributed by atoms with E-state index in [0.29, 0.717) is 5.16 Å². The molecule has 5 nitrogen and oxygen atoms in total. The van der Waals surface area contributed by atoms with E-state index in [4.69, 9.17) is 0 Å². The van der Waals surface area contributed by atoms with E-state index in [2.05, 4.69) is 46.7 Å². The Morgan fingerprint density at radius 3 is 2.59 bits per heavy atom. The third kappa shape index (κ3) is 4.17. The molecule has 0 aliphatic carbocycles. The molecule has 7 heteroatoms. The lowest BCUT2D eigenvalue weighted by Gasteiger charge is -2.11. The third-order valence-electron chi connectivity index (χ3n) is 5.06. The second-order valence-corrected chi connectivity index (χ2v) is 9.21. The number of amides is 1. The molecule has 0 atom stereocenters. The van der Waals surface area contributed by atoms with Crippen LogP contribution in [-0.2, 0) is 4.79 Å². The first kappa shape index (κ1) is 20.5. The van der Waals surface area contributed by atoms with Crippen molar-refractivity contribution in [2.45, 2.75) is 12.1 Å². The summed E-state index contributed by atoms with van der Waals surface area (Å²) in [6, 6.07) is 26.2. The van der Waals surface area contributed by atoms with Crippen molar-refractivity contribution in [1.82, 2.24) is 14.8 Å². The van der Waals surface area contributed by atoms with Gasteiger partial charge in [0.15, 0.2) is 11.0 Å². The smallest absolute Gasteiger partial charge is 0.234 e. The summed E-state index contributed by atoms with van der Waals surface area (Å²) in [7, 11) is 0. The van der Waals surface area contributed by atoms with Gasteiger partial charge < -0.3 is 5.32 Å². The van der Waals surface area contributed by atoms with Crippen LogP contribution in [0.5, 0.6) is 0 Å². The molecule has 0 radical (unpaired) electrons. The van der Waals surface area contributed by atoms with Gasteiger partial charge in [0.2, 0.25) is 5.91 Å². The fraction of sp³-hybridized carbons (Fsp3) is 0.0800. The van der Waals surface area contributed by atoms with E-state index in [1.54, 1.807) is 11.3 Å². The molecule has 5 aromatic rings. The second kappa shape index (κ2) is 8.98. The third-order valence-corrected chi connectivity index (χ3v) is 6.86. The molecule has 0 fully saturated rings. The van der Waals surface area contributed by atoms with Gasteiger partial charge in [0.25, 0.3) is 0 Å². The van der Waals surface area contributed by atoms with Crippen LogP contribution in [0.2, 0.25) is 0 Å². The predicted molar refractivity (Wildman–Crippen MR) is 133 cm³/mol. The quantitative estimate of drug-likeness (QED) is 0.310. The molecule has 32 heavy (non-hydrogen) atoms. The van der Waals surface area contributed by atoms with Crippen molar-refractivity contribution in [3.05, 3.63) is 89.8 Å². The number of thioether (sulfide) groups is 1. The summed E-state index contributed by atoms with van der Waals surface area (Å²) in [5.74, 6) is 0.931. The second-order valence-electron chi connectivity index (χ2n) is 7.32. The number of anilines is 1. The fourth-order valence-corrected chi connectivity index (χ4v) is 4.96. The number of rotatable bonds is 6. The molecule has 2 heterocycles. The van der Waals surface area contributed by atoms with Gasteiger partial charge in [-0.2, -0.15) is 0 Å². The molecule has 5 rings (SSSR count). The van der Waals surface area contributed by atoms with Gasteiger partial charge in [0.1, 0.15) is 0 Å². The van der Waals surface area contributed by atoms with Gasteiger partial charge in [-0.25, -0.2) is 0 Å². The lowest BCUT2D eigenvalue weighted by Crippen LogP contribution is -2.14. The van der Waals surface area contributed by atoms with Gasteiger partial charge in [-0.1, -0.05) is 71.9 Å². The molecule has 3 aromatic carbocycles. The summed E-state index contributed by atoms with van der Waals surface area (Å²) >= 11 is 3.00. The number of nitrogens with one attached hydrogen (secondary N) is 1. The minimum Gasteiger partial charge on any atom is -0.325 e. The normalized spacial score (nSPS) is 11.0. The Morgan fingerprint density at radius 1 is 0.969 bits per heavy atom. The standard InChI is InChI=1S/C25H20N4OS2/c1-17-11-13-19(14-12-17)29-24(22-10-5-15-31-22)27-28-25(29)32-16-23(30)26-21-9-4-7-18-6-2-3-8-20(18)21/h2-15H,16H2,1H3,(H,26,30). The highest BCUT2D eigenvalue weighted by molar-refractivity contribution is 7.99. The topological polar surface area (TPSA) is 59.8 Å². The number of aromatic nitrogens is 3. The van der Waals surface area contributed by atoms with Gasteiger partial charge in [-0.15, -0.1) is 21.5 Å². The van der Waals surface area contributed by atoms with Crippen LogP contribution in [0.15, 0.2) is 89.4 Å². The summed E-state index contributed by atoms with van der Waals surface area (Å²) in [5, 5.41) is 16.7.